The molecule has 1 saturated heterocycles. The highest BCUT2D eigenvalue weighted by molar-refractivity contribution is 7.89. The highest BCUT2D eigenvalue weighted by Gasteiger charge is 2.49. The molecule has 2 aromatic rings. The maximum absolute atomic E-state index is 13.1. The minimum atomic E-state index is -3.59. The number of urea groups is 1. The molecule has 1 aliphatic heterocycles. The van der Waals surface area contributed by atoms with Gasteiger partial charge >= 0.3 is 6.03 Å². The van der Waals surface area contributed by atoms with Crippen molar-refractivity contribution in [2.24, 2.45) is 0 Å². The van der Waals surface area contributed by atoms with Crippen molar-refractivity contribution in [3.63, 3.8) is 0 Å². The summed E-state index contributed by atoms with van der Waals surface area (Å²) in [6.07, 6.45) is 0. The average molecular weight is 473 g/mol. The Morgan fingerprint density at radius 2 is 1.64 bits per heavy atom. The number of carbonyl (C=O) groups excluding carboxylic acids is 3. The largest absolute Gasteiger partial charge is 0.325 e. The first-order valence-corrected chi connectivity index (χ1v) is 11.9. The Morgan fingerprint density at radius 3 is 2.15 bits per heavy atom. The number of anilines is 1. The van der Waals surface area contributed by atoms with Crippen LogP contribution in [0.5, 0.6) is 0 Å². The van der Waals surface area contributed by atoms with E-state index in [1.807, 2.05) is 12.1 Å². The molecule has 1 heterocycles. The average Bonchev–Trinajstić information content (AvgIpc) is 2.98. The molecule has 1 aliphatic rings. The van der Waals surface area contributed by atoms with Gasteiger partial charge in [-0.25, -0.2) is 17.5 Å². The summed E-state index contributed by atoms with van der Waals surface area (Å²) in [5.74, 6) is -0.772. The smallest absolute Gasteiger partial charge is 0.325 e. The number of hydrogen-bond donors (Lipinski definition) is 2. The number of rotatable bonds is 7. The molecule has 10 heteroatoms. The number of hydrogen-bond acceptors (Lipinski definition) is 5. The Morgan fingerprint density at radius 1 is 1.06 bits per heavy atom. The van der Waals surface area contributed by atoms with Crippen LogP contribution in [0.25, 0.3) is 0 Å². The fraction of sp³-hybridized carbons (Fsp3) is 0.348. The number of amides is 4. The zero-order chi connectivity index (χ0) is 24.6. The van der Waals surface area contributed by atoms with Crippen molar-refractivity contribution in [1.82, 2.24) is 14.5 Å². The van der Waals surface area contributed by atoms with E-state index in [0.717, 1.165) is 14.8 Å². The van der Waals surface area contributed by atoms with Crippen LogP contribution in [0, 0.1) is 0 Å². The van der Waals surface area contributed by atoms with Gasteiger partial charge < -0.3 is 10.6 Å². The zero-order valence-corrected chi connectivity index (χ0v) is 20.1. The van der Waals surface area contributed by atoms with Gasteiger partial charge in [0.1, 0.15) is 12.1 Å². The summed E-state index contributed by atoms with van der Waals surface area (Å²) in [5.41, 5.74) is 0.817. The monoisotopic (exact) mass is 472 g/mol. The molecular formula is C23H28N4O5S. The molecule has 0 spiro atoms. The van der Waals surface area contributed by atoms with E-state index in [4.69, 9.17) is 0 Å². The Kier molecular flexibility index (Phi) is 6.62. The summed E-state index contributed by atoms with van der Waals surface area (Å²) in [4.78, 5) is 39.0. The quantitative estimate of drug-likeness (QED) is 0.601. The first kappa shape index (κ1) is 24.4. The second kappa shape index (κ2) is 8.95. The number of nitrogens with one attached hydrogen (secondary N) is 2. The van der Waals surface area contributed by atoms with E-state index < -0.39 is 40.0 Å². The van der Waals surface area contributed by atoms with Crippen molar-refractivity contribution in [2.45, 2.75) is 37.1 Å². The number of benzene rings is 2. The molecular weight excluding hydrogens is 444 g/mol. The van der Waals surface area contributed by atoms with E-state index in [1.54, 1.807) is 19.1 Å². The molecule has 0 aromatic heterocycles. The molecule has 2 N–H and O–H groups in total. The van der Waals surface area contributed by atoms with Crippen molar-refractivity contribution in [3.8, 4) is 0 Å². The third kappa shape index (κ3) is 4.76. The van der Waals surface area contributed by atoms with Crippen molar-refractivity contribution < 1.29 is 22.8 Å². The van der Waals surface area contributed by atoms with Crippen LogP contribution >= 0.6 is 0 Å². The van der Waals surface area contributed by atoms with Gasteiger partial charge in [0, 0.05) is 19.8 Å². The molecule has 0 saturated carbocycles. The Labute approximate surface area is 193 Å². The predicted molar refractivity (Wildman–Crippen MR) is 124 cm³/mol. The second-order valence-electron chi connectivity index (χ2n) is 8.58. The minimum absolute atomic E-state index is 0.0823. The normalized spacial score (nSPS) is 18.7. The molecule has 176 valence electrons. The first-order chi connectivity index (χ1) is 15.4. The molecule has 0 radical (unpaired) electrons. The van der Waals surface area contributed by atoms with E-state index in [1.165, 1.54) is 38.4 Å². The lowest BCUT2D eigenvalue weighted by Crippen LogP contribution is -2.42. The second-order valence-corrected chi connectivity index (χ2v) is 10.7. The third-order valence-electron chi connectivity index (χ3n) is 5.65. The zero-order valence-electron chi connectivity index (χ0n) is 19.2. The van der Waals surface area contributed by atoms with E-state index >= 15 is 0 Å². The van der Waals surface area contributed by atoms with E-state index in [-0.39, 0.29) is 4.90 Å². The summed E-state index contributed by atoms with van der Waals surface area (Å²) < 4.78 is 25.4. The van der Waals surface area contributed by atoms with Gasteiger partial charge in [0.2, 0.25) is 15.9 Å². The molecule has 0 unspecified atom stereocenters. The lowest BCUT2D eigenvalue weighted by Gasteiger charge is -2.22. The van der Waals surface area contributed by atoms with Crippen LogP contribution in [0.4, 0.5) is 10.5 Å². The molecule has 2 aromatic carbocycles. The van der Waals surface area contributed by atoms with Crippen LogP contribution in [0.1, 0.15) is 37.8 Å². The number of nitrogens with zero attached hydrogens (tertiary/aromatic N) is 2. The topological polar surface area (TPSA) is 116 Å². The van der Waals surface area contributed by atoms with E-state index in [2.05, 4.69) is 24.5 Å². The molecule has 1 atom stereocenters. The molecule has 9 nitrogen and oxygen atoms in total. The molecule has 4 amide bonds. The predicted octanol–water partition coefficient (Wildman–Crippen LogP) is 2.47. The van der Waals surface area contributed by atoms with Gasteiger partial charge in [-0.2, -0.15) is 0 Å². The number of sulfonamides is 1. The highest BCUT2D eigenvalue weighted by Crippen LogP contribution is 2.30. The van der Waals surface area contributed by atoms with Gasteiger partial charge in [0.15, 0.2) is 0 Å². The molecule has 0 bridgehead atoms. The van der Waals surface area contributed by atoms with Gasteiger partial charge in [-0.05, 0) is 48.2 Å². The SMILES string of the molecule is CC(C)c1ccc([C@@]2(C)NC(=O)N(CC(=O)Nc3ccc(S(=O)(=O)N(C)C)cc3)C2=O)cc1. The Bertz CT molecular complexity index is 1170. The lowest BCUT2D eigenvalue weighted by molar-refractivity contribution is -0.133. The summed E-state index contributed by atoms with van der Waals surface area (Å²) in [6, 6.07) is 12.4. The fourth-order valence-electron chi connectivity index (χ4n) is 3.50. The Hall–Kier alpha value is -3.24. The van der Waals surface area contributed by atoms with Crippen molar-refractivity contribution in [3.05, 3.63) is 59.7 Å². The maximum Gasteiger partial charge on any atom is 0.325 e. The van der Waals surface area contributed by atoms with Gasteiger partial charge in [-0.15, -0.1) is 0 Å². The maximum atomic E-state index is 13.1. The standard InChI is InChI=1S/C23H28N4O5S/c1-15(2)16-6-8-17(9-7-16)23(3)21(29)27(22(30)25-23)14-20(28)24-18-10-12-19(13-11-18)33(31,32)26(4)5/h6-13,15H,14H2,1-5H3,(H,24,28)(H,25,30)/t23-/m1/s1. The summed E-state index contributed by atoms with van der Waals surface area (Å²) in [6.45, 7) is 5.27. The third-order valence-corrected chi connectivity index (χ3v) is 7.48. The minimum Gasteiger partial charge on any atom is -0.325 e. The highest BCUT2D eigenvalue weighted by atomic mass is 32.2. The van der Waals surface area contributed by atoms with Crippen molar-refractivity contribution >= 4 is 33.6 Å². The summed E-state index contributed by atoms with van der Waals surface area (Å²) in [5, 5.41) is 5.27. The van der Waals surface area contributed by atoms with Gasteiger partial charge in [0.25, 0.3) is 5.91 Å². The van der Waals surface area contributed by atoms with Crippen LogP contribution in [-0.4, -0.2) is 56.1 Å². The van der Waals surface area contributed by atoms with Crippen LogP contribution in [-0.2, 0) is 25.2 Å². The van der Waals surface area contributed by atoms with E-state index in [0.29, 0.717) is 17.2 Å². The number of carbonyl (C=O) groups is 3. The van der Waals surface area contributed by atoms with Crippen LogP contribution < -0.4 is 10.6 Å². The van der Waals surface area contributed by atoms with Crippen LogP contribution in [0.2, 0.25) is 0 Å². The molecule has 33 heavy (non-hydrogen) atoms. The molecule has 0 aliphatic carbocycles. The fourth-order valence-corrected chi connectivity index (χ4v) is 4.40. The summed E-state index contributed by atoms with van der Waals surface area (Å²) in [7, 11) is -0.735. The molecule has 1 fully saturated rings. The first-order valence-electron chi connectivity index (χ1n) is 10.4. The van der Waals surface area contributed by atoms with Gasteiger partial charge in [0.05, 0.1) is 4.90 Å². The van der Waals surface area contributed by atoms with Crippen LogP contribution in [0.3, 0.4) is 0 Å². The Balaban J connectivity index is 1.70. The van der Waals surface area contributed by atoms with Crippen molar-refractivity contribution in [2.75, 3.05) is 26.0 Å². The van der Waals surface area contributed by atoms with Crippen LogP contribution in [0.15, 0.2) is 53.4 Å². The van der Waals surface area contributed by atoms with E-state index in [9.17, 15) is 22.8 Å². The number of imide groups is 1. The van der Waals surface area contributed by atoms with Gasteiger partial charge in [-0.3, -0.25) is 14.5 Å². The molecule has 3 rings (SSSR count). The lowest BCUT2D eigenvalue weighted by atomic mass is 9.90. The van der Waals surface area contributed by atoms with Crippen molar-refractivity contribution in [1.29, 1.82) is 0 Å². The van der Waals surface area contributed by atoms with Gasteiger partial charge in [-0.1, -0.05) is 38.1 Å². The summed E-state index contributed by atoms with van der Waals surface area (Å²) >= 11 is 0.